The van der Waals surface area contributed by atoms with Crippen LogP contribution >= 0.6 is 11.6 Å². The maximum atomic E-state index is 12.8. The molecule has 0 aliphatic heterocycles. The molecular weight excluding hydrogens is 386 g/mol. The third kappa shape index (κ3) is 6.34. The number of hydrogen-bond acceptors (Lipinski definition) is 3. The van der Waals surface area contributed by atoms with Gasteiger partial charge in [-0.25, -0.2) is 13.1 Å². The van der Waals surface area contributed by atoms with Crippen molar-refractivity contribution in [3.63, 3.8) is 0 Å². The summed E-state index contributed by atoms with van der Waals surface area (Å²) in [6.07, 6.45) is 0. The molecule has 1 N–H and O–H groups in total. The molecule has 0 bridgehead atoms. The van der Waals surface area contributed by atoms with E-state index in [0.29, 0.717) is 0 Å². The van der Waals surface area contributed by atoms with Crippen LogP contribution in [0.4, 0.5) is 0 Å². The van der Waals surface area contributed by atoms with Crippen LogP contribution in [0.15, 0.2) is 29.2 Å². The summed E-state index contributed by atoms with van der Waals surface area (Å²) in [5, 5.41) is -0.312. The fourth-order valence-electron chi connectivity index (χ4n) is 2.15. The van der Waals surface area contributed by atoms with Gasteiger partial charge in [-0.1, -0.05) is 52.3 Å². The van der Waals surface area contributed by atoms with Gasteiger partial charge in [-0.3, -0.25) is 0 Å². The van der Waals surface area contributed by atoms with Crippen LogP contribution in [-0.4, -0.2) is 34.8 Å². The first-order valence-electron chi connectivity index (χ1n) is 9.04. The van der Waals surface area contributed by atoms with Crippen molar-refractivity contribution in [2.24, 2.45) is 5.92 Å². The molecule has 7 heteroatoms. The van der Waals surface area contributed by atoms with Crippen LogP contribution in [0.1, 0.15) is 40.2 Å². The highest BCUT2D eigenvalue weighted by molar-refractivity contribution is 7.89. The lowest BCUT2D eigenvalue weighted by atomic mass is 10.0. The van der Waals surface area contributed by atoms with Gasteiger partial charge in [-0.05, 0) is 43.1 Å². The summed E-state index contributed by atoms with van der Waals surface area (Å²) in [6, 6.07) is 6.31. The van der Waals surface area contributed by atoms with Crippen molar-refractivity contribution in [3.8, 4) is 0 Å². The van der Waals surface area contributed by atoms with Crippen molar-refractivity contribution in [2.45, 2.75) is 76.0 Å². The molecule has 4 nitrogen and oxygen atoms in total. The van der Waals surface area contributed by atoms with Gasteiger partial charge in [0.25, 0.3) is 0 Å². The summed E-state index contributed by atoms with van der Waals surface area (Å²) < 4.78 is 34.6. The van der Waals surface area contributed by atoms with Gasteiger partial charge in [-0.15, -0.1) is 11.6 Å². The number of sulfonamides is 1. The van der Waals surface area contributed by atoms with Crippen molar-refractivity contribution in [1.82, 2.24) is 4.72 Å². The molecule has 26 heavy (non-hydrogen) atoms. The highest BCUT2D eigenvalue weighted by Crippen LogP contribution is 2.36. The quantitative estimate of drug-likeness (QED) is 0.480. The number of aryl methyl sites for hydroxylation is 1. The normalized spacial score (nSPS) is 15.9. The molecule has 0 saturated heterocycles. The van der Waals surface area contributed by atoms with Crippen molar-refractivity contribution in [3.05, 3.63) is 29.8 Å². The summed E-state index contributed by atoms with van der Waals surface area (Å²) in [7, 11) is -5.66. The standard InChI is InChI=1S/C19H34ClNO3SSi/c1-14(2)18(20)17(13-24-26(7,8)19(4,5)6)21-25(22,23)16-11-9-15(3)10-12-16/h9-12,14,17-18,21H,13H2,1-8H3/t17-,18+/m0/s1. The number of nitrogens with one attached hydrogen (secondary N) is 1. The van der Waals surface area contributed by atoms with Crippen molar-refractivity contribution < 1.29 is 12.8 Å². The molecule has 1 rings (SSSR count). The second-order valence-corrected chi connectivity index (χ2v) is 15.8. The van der Waals surface area contributed by atoms with E-state index in [1.807, 2.05) is 20.8 Å². The smallest absolute Gasteiger partial charge is 0.240 e. The average molecular weight is 420 g/mol. The van der Waals surface area contributed by atoms with E-state index in [1.54, 1.807) is 24.3 Å². The number of alkyl halides is 1. The molecule has 150 valence electrons. The Kier molecular flexibility index (Phi) is 7.94. The number of hydrogen-bond donors (Lipinski definition) is 1. The number of halogens is 1. The van der Waals surface area contributed by atoms with Crippen LogP contribution in [0.5, 0.6) is 0 Å². The minimum atomic E-state index is -3.66. The van der Waals surface area contributed by atoms with E-state index < -0.39 is 24.4 Å². The Balaban J connectivity index is 3.02. The Bertz CT molecular complexity index is 682. The lowest BCUT2D eigenvalue weighted by molar-refractivity contribution is 0.242. The topological polar surface area (TPSA) is 55.4 Å². The Labute approximate surface area is 165 Å². The lowest BCUT2D eigenvalue weighted by Crippen LogP contribution is -2.50. The van der Waals surface area contributed by atoms with E-state index in [2.05, 4.69) is 38.6 Å². The largest absolute Gasteiger partial charge is 0.415 e. The molecule has 1 aromatic rings. The zero-order chi connectivity index (χ0) is 20.3. The van der Waals surface area contributed by atoms with Gasteiger partial charge in [0.05, 0.1) is 22.9 Å². The first kappa shape index (κ1) is 23.6. The van der Waals surface area contributed by atoms with Crippen molar-refractivity contribution >= 4 is 29.9 Å². The fraction of sp³-hybridized carbons (Fsp3) is 0.684. The van der Waals surface area contributed by atoms with Gasteiger partial charge in [0, 0.05) is 0 Å². The van der Waals surface area contributed by atoms with Gasteiger partial charge < -0.3 is 4.43 Å². The molecule has 2 atom stereocenters. The zero-order valence-corrected chi connectivity index (χ0v) is 19.8. The van der Waals surface area contributed by atoms with E-state index >= 15 is 0 Å². The maximum absolute atomic E-state index is 12.8. The van der Waals surface area contributed by atoms with E-state index in [0.717, 1.165) is 5.56 Å². The second-order valence-electron chi connectivity index (χ2n) is 8.80. The van der Waals surface area contributed by atoms with Crippen LogP contribution < -0.4 is 4.72 Å². The molecule has 0 saturated carbocycles. The van der Waals surface area contributed by atoms with Gasteiger partial charge in [-0.2, -0.15) is 0 Å². The summed E-state index contributed by atoms with van der Waals surface area (Å²) >= 11 is 6.55. The van der Waals surface area contributed by atoms with Crippen molar-refractivity contribution in [1.29, 1.82) is 0 Å². The van der Waals surface area contributed by atoms with Crippen LogP contribution in [-0.2, 0) is 14.4 Å². The molecule has 0 spiro atoms. The number of rotatable bonds is 8. The van der Waals surface area contributed by atoms with Crippen molar-refractivity contribution in [2.75, 3.05) is 6.61 Å². The molecule has 0 unspecified atom stereocenters. The molecule has 0 aliphatic carbocycles. The monoisotopic (exact) mass is 419 g/mol. The maximum Gasteiger partial charge on any atom is 0.240 e. The minimum Gasteiger partial charge on any atom is -0.415 e. The Morgan fingerprint density at radius 2 is 1.65 bits per heavy atom. The molecule has 0 aromatic heterocycles. The van der Waals surface area contributed by atoms with E-state index in [1.165, 1.54) is 0 Å². The van der Waals surface area contributed by atoms with Crippen LogP contribution in [0.2, 0.25) is 18.1 Å². The molecule has 0 aliphatic rings. The Morgan fingerprint density at radius 1 is 1.15 bits per heavy atom. The zero-order valence-electron chi connectivity index (χ0n) is 17.3. The summed E-state index contributed by atoms with van der Waals surface area (Å²) in [6.45, 7) is 16.9. The molecule has 1 aromatic carbocycles. The molecule has 0 amide bonds. The summed E-state index contributed by atoms with van der Waals surface area (Å²) in [5.74, 6) is 0.116. The third-order valence-corrected chi connectivity index (χ3v) is 11.9. The van der Waals surface area contributed by atoms with E-state index in [4.69, 9.17) is 16.0 Å². The highest BCUT2D eigenvalue weighted by atomic mass is 35.5. The minimum absolute atomic E-state index is 0.0486. The Hall–Kier alpha value is -0.403. The second kappa shape index (κ2) is 8.74. The van der Waals surface area contributed by atoms with Gasteiger partial charge in [0.15, 0.2) is 8.32 Å². The van der Waals surface area contributed by atoms with Gasteiger partial charge in [0.1, 0.15) is 0 Å². The molecule has 0 heterocycles. The predicted molar refractivity (Wildman–Crippen MR) is 113 cm³/mol. The number of benzene rings is 1. The van der Waals surface area contributed by atoms with Gasteiger partial charge in [0.2, 0.25) is 10.0 Å². The lowest BCUT2D eigenvalue weighted by Gasteiger charge is -2.38. The first-order valence-corrected chi connectivity index (χ1v) is 13.9. The molecule has 0 fully saturated rings. The third-order valence-electron chi connectivity index (χ3n) is 5.09. The summed E-state index contributed by atoms with van der Waals surface area (Å²) in [4.78, 5) is 0.244. The summed E-state index contributed by atoms with van der Waals surface area (Å²) in [5.41, 5.74) is 1.01. The predicted octanol–water partition coefficient (Wildman–Crippen LogP) is 4.93. The molecule has 0 radical (unpaired) electrons. The first-order chi connectivity index (χ1) is 11.7. The average Bonchev–Trinajstić information content (AvgIpc) is 2.49. The molecular formula is C19H34ClNO3SSi. The van der Waals surface area contributed by atoms with E-state index in [9.17, 15) is 8.42 Å². The SMILES string of the molecule is Cc1ccc(S(=O)(=O)N[C@@H](CO[Si](C)(C)C(C)(C)C)[C@H](Cl)C(C)C)cc1. The Morgan fingerprint density at radius 3 is 2.08 bits per heavy atom. The van der Waals surface area contributed by atoms with E-state index in [-0.39, 0.29) is 27.8 Å². The van der Waals surface area contributed by atoms with Crippen LogP contribution in [0, 0.1) is 12.8 Å². The van der Waals surface area contributed by atoms with Crippen LogP contribution in [0.25, 0.3) is 0 Å². The van der Waals surface area contributed by atoms with Gasteiger partial charge >= 0.3 is 0 Å². The van der Waals surface area contributed by atoms with Crippen LogP contribution in [0.3, 0.4) is 0 Å². The fourth-order valence-corrected chi connectivity index (χ4v) is 4.64. The highest BCUT2D eigenvalue weighted by Gasteiger charge is 2.39.